The van der Waals surface area contributed by atoms with Gasteiger partial charge in [0.2, 0.25) is 0 Å². The predicted octanol–water partition coefficient (Wildman–Crippen LogP) is 4.08. The van der Waals surface area contributed by atoms with Crippen molar-refractivity contribution in [2.24, 2.45) is 0 Å². The third kappa shape index (κ3) is 4.10. The topological polar surface area (TPSA) is 92.6 Å². The Morgan fingerprint density at radius 1 is 1.06 bits per heavy atom. The van der Waals surface area contributed by atoms with Crippen molar-refractivity contribution in [1.29, 1.82) is 0 Å². The molecule has 4 heterocycles. The largest absolute Gasteiger partial charge is 0.508 e. The van der Waals surface area contributed by atoms with Crippen LogP contribution in [-0.4, -0.2) is 65.6 Å². The van der Waals surface area contributed by atoms with Gasteiger partial charge in [-0.25, -0.2) is 0 Å². The molecule has 2 unspecified atom stereocenters. The molecule has 2 N–H and O–H groups in total. The van der Waals surface area contributed by atoms with Gasteiger partial charge < -0.3 is 24.8 Å². The van der Waals surface area contributed by atoms with Crippen molar-refractivity contribution in [2.75, 3.05) is 38.3 Å². The fraction of sp³-hybridized carbons (Fsp3) is 0.393. The summed E-state index contributed by atoms with van der Waals surface area (Å²) in [5.74, 6) is 1.09. The highest BCUT2D eigenvalue weighted by molar-refractivity contribution is 6.01. The molecule has 0 amide bonds. The standard InChI is InChI=1S/C28H31N5O3/c1-3-21-25(23-13-20(34)12-17-6-4-5-7-22(17)23)29-14-24-26(21)31-28(36-11-10-35-2)32-27(24)33-15-18-8-9-19(16-33)30-18/h4-7,12-14,18-19,30,34H,3,8-11,15-16H2,1-2H3. The minimum absolute atomic E-state index is 0.218. The second-order valence-electron chi connectivity index (χ2n) is 9.63. The lowest BCUT2D eigenvalue weighted by atomic mass is 9.96. The zero-order chi connectivity index (χ0) is 24.6. The van der Waals surface area contributed by atoms with Crippen LogP contribution in [0.4, 0.5) is 5.82 Å². The molecule has 0 spiro atoms. The monoisotopic (exact) mass is 485 g/mol. The molecule has 8 nitrogen and oxygen atoms in total. The Labute approximate surface area is 210 Å². The highest BCUT2D eigenvalue weighted by atomic mass is 16.5. The van der Waals surface area contributed by atoms with Gasteiger partial charge in [-0.3, -0.25) is 4.98 Å². The fourth-order valence-corrected chi connectivity index (χ4v) is 5.66. The predicted molar refractivity (Wildman–Crippen MR) is 141 cm³/mol. The van der Waals surface area contributed by atoms with E-state index in [1.54, 1.807) is 19.2 Å². The number of aromatic hydroxyl groups is 1. The van der Waals surface area contributed by atoms with E-state index < -0.39 is 0 Å². The van der Waals surface area contributed by atoms with Crippen molar-refractivity contribution in [1.82, 2.24) is 20.3 Å². The summed E-state index contributed by atoms with van der Waals surface area (Å²) in [6.07, 6.45) is 4.99. The lowest BCUT2D eigenvalue weighted by Gasteiger charge is -2.34. The Hall–Kier alpha value is -3.49. The Balaban J connectivity index is 1.54. The van der Waals surface area contributed by atoms with Crippen LogP contribution in [0.15, 0.2) is 42.6 Å². The molecule has 4 aromatic rings. The minimum atomic E-state index is 0.218. The van der Waals surface area contributed by atoms with Crippen LogP contribution in [-0.2, 0) is 11.2 Å². The number of phenolic OH excluding ortho intramolecular Hbond substituents is 1. The minimum Gasteiger partial charge on any atom is -0.508 e. The molecule has 2 atom stereocenters. The van der Waals surface area contributed by atoms with Crippen LogP contribution < -0.4 is 15.0 Å². The zero-order valence-electron chi connectivity index (χ0n) is 20.7. The first-order chi connectivity index (χ1) is 17.6. The smallest absolute Gasteiger partial charge is 0.319 e. The number of methoxy groups -OCH3 is 1. The second-order valence-corrected chi connectivity index (χ2v) is 9.63. The van der Waals surface area contributed by atoms with E-state index in [-0.39, 0.29) is 5.75 Å². The maximum Gasteiger partial charge on any atom is 0.319 e. The molecule has 8 heteroatoms. The van der Waals surface area contributed by atoms with Crippen LogP contribution in [0.5, 0.6) is 11.8 Å². The Morgan fingerprint density at radius 3 is 2.64 bits per heavy atom. The van der Waals surface area contributed by atoms with E-state index in [0.29, 0.717) is 31.3 Å². The molecule has 36 heavy (non-hydrogen) atoms. The van der Waals surface area contributed by atoms with Gasteiger partial charge in [-0.2, -0.15) is 9.97 Å². The van der Waals surface area contributed by atoms with Gasteiger partial charge in [0, 0.05) is 49.6 Å². The van der Waals surface area contributed by atoms with Crippen molar-refractivity contribution < 1.29 is 14.6 Å². The molecule has 186 valence electrons. The van der Waals surface area contributed by atoms with E-state index in [0.717, 1.165) is 63.8 Å². The van der Waals surface area contributed by atoms with Gasteiger partial charge in [-0.15, -0.1) is 0 Å². The maximum absolute atomic E-state index is 10.5. The van der Waals surface area contributed by atoms with Gasteiger partial charge in [0.05, 0.1) is 23.2 Å². The Bertz CT molecular complexity index is 1410. The van der Waals surface area contributed by atoms with Crippen molar-refractivity contribution in [3.8, 4) is 23.0 Å². The van der Waals surface area contributed by atoms with E-state index in [2.05, 4.69) is 23.2 Å². The van der Waals surface area contributed by atoms with Crippen molar-refractivity contribution >= 4 is 27.5 Å². The van der Waals surface area contributed by atoms with Gasteiger partial charge in [0.1, 0.15) is 18.2 Å². The number of benzene rings is 2. The van der Waals surface area contributed by atoms with Gasteiger partial charge in [-0.1, -0.05) is 31.2 Å². The SMILES string of the molecule is CCc1c(-c2cc(O)cc3ccccc23)ncc2c(N3CC4CCC(C3)N4)nc(OCCOC)nc12. The summed E-state index contributed by atoms with van der Waals surface area (Å²) in [5.41, 5.74) is 3.58. The molecule has 2 aliphatic heterocycles. The number of anilines is 1. The molecular weight excluding hydrogens is 454 g/mol. The first-order valence-corrected chi connectivity index (χ1v) is 12.7. The summed E-state index contributed by atoms with van der Waals surface area (Å²) >= 11 is 0. The number of nitrogens with one attached hydrogen (secondary N) is 1. The number of aryl methyl sites for hydroxylation is 1. The summed E-state index contributed by atoms with van der Waals surface area (Å²) in [4.78, 5) is 17.1. The van der Waals surface area contributed by atoms with Crippen LogP contribution in [0.1, 0.15) is 25.3 Å². The number of fused-ring (bicyclic) bond motifs is 4. The lowest BCUT2D eigenvalue weighted by Crippen LogP contribution is -2.51. The molecule has 2 bridgehead atoms. The number of pyridine rings is 1. The summed E-state index contributed by atoms with van der Waals surface area (Å²) in [6.45, 7) is 4.77. The van der Waals surface area contributed by atoms with Crippen LogP contribution in [0.3, 0.4) is 0 Å². The number of rotatable bonds is 7. The van der Waals surface area contributed by atoms with E-state index in [1.807, 2.05) is 24.4 Å². The molecule has 6 rings (SSSR count). The number of hydrogen-bond donors (Lipinski definition) is 2. The molecule has 2 aliphatic rings. The number of nitrogens with zero attached hydrogens (tertiary/aromatic N) is 4. The highest BCUT2D eigenvalue weighted by Gasteiger charge is 2.34. The summed E-state index contributed by atoms with van der Waals surface area (Å²) in [5, 5.41) is 17.1. The average Bonchev–Trinajstić information content (AvgIpc) is 3.24. The van der Waals surface area contributed by atoms with Gasteiger partial charge >= 0.3 is 6.01 Å². The van der Waals surface area contributed by atoms with Crippen LogP contribution in [0, 0.1) is 0 Å². The molecule has 2 aromatic carbocycles. The molecule has 2 fully saturated rings. The molecular formula is C28H31N5O3. The van der Waals surface area contributed by atoms with E-state index in [1.165, 1.54) is 12.8 Å². The van der Waals surface area contributed by atoms with E-state index in [4.69, 9.17) is 24.4 Å². The Kier molecular flexibility index (Phi) is 6.07. The van der Waals surface area contributed by atoms with Crippen molar-refractivity contribution in [3.05, 3.63) is 48.2 Å². The first-order valence-electron chi connectivity index (χ1n) is 12.7. The quantitative estimate of drug-likeness (QED) is 0.379. The molecule has 0 saturated carbocycles. The molecule has 2 aromatic heterocycles. The number of phenols is 1. The van der Waals surface area contributed by atoms with E-state index >= 15 is 0 Å². The third-order valence-corrected chi connectivity index (χ3v) is 7.29. The van der Waals surface area contributed by atoms with Crippen LogP contribution >= 0.6 is 0 Å². The van der Waals surface area contributed by atoms with Crippen LogP contribution in [0.25, 0.3) is 32.9 Å². The first kappa shape index (κ1) is 22.9. The van der Waals surface area contributed by atoms with Crippen molar-refractivity contribution in [3.63, 3.8) is 0 Å². The molecule has 0 aliphatic carbocycles. The average molecular weight is 486 g/mol. The Morgan fingerprint density at radius 2 is 1.86 bits per heavy atom. The maximum atomic E-state index is 10.5. The lowest BCUT2D eigenvalue weighted by molar-refractivity contribution is 0.141. The summed E-state index contributed by atoms with van der Waals surface area (Å²) < 4.78 is 11.1. The summed E-state index contributed by atoms with van der Waals surface area (Å²) in [6, 6.07) is 12.9. The van der Waals surface area contributed by atoms with Crippen molar-refractivity contribution in [2.45, 2.75) is 38.3 Å². The highest BCUT2D eigenvalue weighted by Crippen LogP contribution is 2.38. The summed E-state index contributed by atoms with van der Waals surface area (Å²) in [7, 11) is 1.65. The third-order valence-electron chi connectivity index (χ3n) is 7.29. The number of ether oxygens (including phenoxy) is 2. The van der Waals surface area contributed by atoms with E-state index in [9.17, 15) is 5.11 Å². The number of piperazine rings is 1. The fourth-order valence-electron chi connectivity index (χ4n) is 5.66. The molecule has 0 radical (unpaired) electrons. The van der Waals surface area contributed by atoms with Gasteiger partial charge in [-0.05, 0) is 42.2 Å². The second kappa shape index (κ2) is 9.52. The van der Waals surface area contributed by atoms with Crippen LogP contribution in [0.2, 0.25) is 0 Å². The van der Waals surface area contributed by atoms with Gasteiger partial charge in [0.25, 0.3) is 0 Å². The number of hydrogen-bond acceptors (Lipinski definition) is 8. The van der Waals surface area contributed by atoms with Gasteiger partial charge in [0.15, 0.2) is 0 Å². The zero-order valence-corrected chi connectivity index (χ0v) is 20.7. The molecule has 2 saturated heterocycles. The number of aromatic nitrogens is 3. The normalized spacial score (nSPS) is 19.3.